The Hall–Kier alpha value is -2.77. The Labute approximate surface area is 139 Å². The lowest BCUT2D eigenvalue weighted by Crippen LogP contribution is -2.21. The van der Waals surface area contributed by atoms with Crippen molar-refractivity contribution in [1.29, 1.82) is 0 Å². The van der Waals surface area contributed by atoms with Crippen LogP contribution in [0.25, 0.3) is 0 Å². The van der Waals surface area contributed by atoms with E-state index in [-0.39, 0.29) is 23.1 Å². The molecule has 0 saturated carbocycles. The van der Waals surface area contributed by atoms with E-state index in [4.69, 9.17) is 0 Å². The molecule has 128 valence electrons. The molecule has 0 aliphatic heterocycles. The van der Waals surface area contributed by atoms with E-state index < -0.39 is 4.92 Å². The molecule has 0 bridgehead atoms. The van der Waals surface area contributed by atoms with Gasteiger partial charge in [0.1, 0.15) is 12.1 Å². The normalized spacial score (nSPS) is 10.5. The standard InChI is InChI=1S/C16H20FN5O2/c1-3-4-9-21(2)16-14(22(23)24)15(19-11-20-16)18-10-12-5-7-13(17)8-6-12/h5-8,11H,3-4,9-10H2,1-2H3,(H,18,19,20). The second-order valence-corrected chi connectivity index (χ2v) is 5.41. The fraction of sp³-hybridized carbons (Fsp3) is 0.375. The molecule has 8 heteroatoms. The zero-order valence-electron chi connectivity index (χ0n) is 13.7. The number of rotatable bonds is 8. The lowest BCUT2D eigenvalue weighted by atomic mass is 10.2. The molecule has 0 fully saturated rings. The van der Waals surface area contributed by atoms with E-state index in [0.29, 0.717) is 13.1 Å². The highest BCUT2D eigenvalue weighted by atomic mass is 19.1. The molecule has 2 aromatic rings. The molecule has 0 saturated heterocycles. The Morgan fingerprint density at radius 2 is 2.00 bits per heavy atom. The quantitative estimate of drug-likeness (QED) is 0.589. The van der Waals surface area contributed by atoms with E-state index >= 15 is 0 Å². The first-order chi connectivity index (χ1) is 11.5. The predicted molar refractivity (Wildman–Crippen MR) is 90.6 cm³/mol. The Kier molecular flexibility index (Phi) is 6.00. The van der Waals surface area contributed by atoms with Gasteiger partial charge in [-0.25, -0.2) is 14.4 Å². The summed E-state index contributed by atoms with van der Waals surface area (Å²) in [5.41, 5.74) is 0.642. The van der Waals surface area contributed by atoms with Crippen molar-refractivity contribution >= 4 is 17.3 Å². The number of halogens is 1. The van der Waals surface area contributed by atoms with Crippen molar-refractivity contribution in [2.75, 3.05) is 23.8 Å². The van der Waals surface area contributed by atoms with Crippen molar-refractivity contribution in [2.45, 2.75) is 26.3 Å². The van der Waals surface area contributed by atoms with Gasteiger partial charge >= 0.3 is 5.69 Å². The molecule has 0 radical (unpaired) electrons. The number of nitrogens with one attached hydrogen (secondary N) is 1. The highest BCUT2D eigenvalue weighted by Gasteiger charge is 2.25. The molecule has 0 unspecified atom stereocenters. The maximum Gasteiger partial charge on any atom is 0.353 e. The zero-order valence-corrected chi connectivity index (χ0v) is 13.7. The number of anilines is 2. The summed E-state index contributed by atoms with van der Waals surface area (Å²) in [7, 11) is 1.77. The maximum atomic E-state index is 12.9. The van der Waals surface area contributed by atoms with Crippen molar-refractivity contribution in [1.82, 2.24) is 9.97 Å². The van der Waals surface area contributed by atoms with E-state index in [9.17, 15) is 14.5 Å². The number of nitro groups is 1. The summed E-state index contributed by atoms with van der Waals surface area (Å²) in [5.74, 6) is 0.106. The monoisotopic (exact) mass is 333 g/mol. The van der Waals surface area contributed by atoms with E-state index in [1.54, 1.807) is 24.1 Å². The first-order valence-corrected chi connectivity index (χ1v) is 7.71. The third-order valence-corrected chi connectivity index (χ3v) is 3.57. The van der Waals surface area contributed by atoms with Gasteiger partial charge in [0, 0.05) is 20.1 Å². The van der Waals surface area contributed by atoms with Crippen LogP contribution in [0.1, 0.15) is 25.3 Å². The summed E-state index contributed by atoms with van der Waals surface area (Å²) >= 11 is 0. The molecule has 2 rings (SSSR count). The Morgan fingerprint density at radius 1 is 1.29 bits per heavy atom. The number of hydrogen-bond acceptors (Lipinski definition) is 6. The van der Waals surface area contributed by atoms with Crippen LogP contribution in [-0.2, 0) is 6.54 Å². The minimum atomic E-state index is -0.481. The van der Waals surface area contributed by atoms with Crippen LogP contribution in [0.5, 0.6) is 0 Å². The van der Waals surface area contributed by atoms with E-state index in [1.807, 2.05) is 0 Å². The highest BCUT2D eigenvalue weighted by Crippen LogP contribution is 2.31. The topological polar surface area (TPSA) is 84.2 Å². The van der Waals surface area contributed by atoms with Crippen molar-refractivity contribution in [2.24, 2.45) is 0 Å². The van der Waals surface area contributed by atoms with Crippen LogP contribution in [0.2, 0.25) is 0 Å². The average molecular weight is 333 g/mol. The van der Waals surface area contributed by atoms with Crippen molar-refractivity contribution in [3.8, 4) is 0 Å². The van der Waals surface area contributed by atoms with Gasteiger partial charge in [0.05, 0.1) is 4.92 Å². The smallest absolute Gasteiger partial charge is 0.353 e. The molecule has 24 heavy (non-hydrogen) atoms. The van der Waals surface area contributed by atoms with Gasteiger partial charge in [0.25, 0.3) is 0 Å². The van der Waals surface area contributed by atoms with Crippen molar-refractivity contribution in [3.63, 3.8) is 0 Å². The summed E-state index contributed by atoms with van der Waals surface area (Å²) in [4.78, 5) is 20.8. The van der Waals surface area contributed by atoms with Gasteiger partial charge in [-0.1, -0.05) is 25.5 Å². The molecule has 0 aliphatic rings. The maximum absolute atomic E-state index is 12.9. The number of aromatic nitrogens is 2. The minimum Gasteiger partial charge on any atom is -0.360 e. The number of hydrogen-bond donors (Lipinski definition) is 1. The molecule has 0 spiro atoms. The largest absolute Gasteiger partial charge is 0.360 e. The molecule has 1 heterocycles. The second kappa shape index (κ2) is 8.19. The molecule has 1 aromatic carbocycles. The second-order valence-electron chi connectivity index (χ2n) is 5.41. The Morgan fingerprint density at radius 3 is 2.62 bits per heavy atom. The summed E-state index contributed by atoms with van der Waals surface area (Å²) in [6.45, 7) is 3.03. The summed E-state index contributed by atoms with van der Waals surface area (Å²) in [5, 5.41) is 14.4. The van der Waals surface area contributed by atoms with Gasteiger partial charge in [0.2, 0.25) is 11.6 Å². The summed E-state index contributed by atoms with van der Waals surface area (Å²) < 4.78 is 12.9. The molecule has 0 aliphatic carbocycles. The van der Waals surface area contributed by atoms with Crippen LogP contribution in [0.3, 0.4) is 0 Å². The Bertz CT molecular complexity index is 693. The molecular weight excluding hydrogens is 313 g/mol. The van der Waals surface area contributed by atoms with E-state index in [0.717, 1.165) is 18.4 Å². The molecule has 7 nitrogen and oxygen atoms in total. The average Bonchev–Trinajstić information content (AvgIpc) is 2.58. The lowest BCUT2D eigenvalue weighted by molar-refractivity contribution is -0.383. The van der Waals surface area contributed by atoms with E-state index in [1.165, 1.54) is 18.5 Å². The summed E-state index contributed by atoms with van der Waals surface area (Å²) in [6, 6.07) is 5.91. The van der Waals surface area contributed by atoms with Gasteiger partial charge in [-0.15, -0.1) is 0 Å². The van der Waals surface area contributed by atoms with Crippen LogP contribution in [0.4, 0.5) is 21.7 Å². The van der Waals surface area contributed by atoms with Gasteiger partial charge < -0.3 is 10.2 Å². The lowest BCUT2D eigenvalue weighted by Gasteiger charge is -2.18. The zero-order chi connectivity index (χ0) is 17.5. The number of unbranched alkanes of at least 4 members (excludes halogenated alkanes) is 1. The molecule has 0 amide bonds. The van der Waals surface area contributed by atoms with Gasteiger partial charge in [-0.3, -0.25) is 10.1 Å². The third-order valence-electron chi connectivity index (χ3n) is 3.57. The Balaban J connectivity index is 2.22. The molecule has 1 N–H and O–H groups in total. The number of benzene rings is 1. The van der Waals surface area contributed by atoms with Crippen LogP contribution >= 0.6 is 0 Å². The summed E-state index contributed by atoms with van der Waals surface area (Å²) in [6.07, 6.45) is 3.20. The predicted octanol–water partition coefficient (Wildman–Crippen LogP) is 3.37. The van der Waals surface area contributed by atoms with Crippen molar-refractivity contribution in [3.05, 3.63) is 52.1 Å². The fourth-order valence-corrected chi connectivity index (χ4v) is 2.24. The third kappa shape index (κ3) is 4.37. The van der Waals surface area contributed by atoms with Gasteiger partial charge in [-0.2, -0.15) is 0 Å². The molecule has 0 atom stereocenters. The van der Waals surface area contributed by atoms with Gasteiger partial charge in [-0.05, 0) is 24.1 Å². The van der Waals surface area contributed by atoms with E-state index in [2.05, 4.69) is 22.2 Å². The number of nitrogens with zero attached hydrogens (tertiary/aromatic N) is 4. The molecular formula is C16H20FN5O2. The van der Waals surface area contributed by atoms with Crippen LogP contribution in [-0.4, -0.2) is 28.5 Å². The van der Waals surface area contributed by atoms with Crippen LogP contribution in [0.15, 0.2) is 30.6 Å². The highest BCUT2D eigenvalue weighted by molar-refractivity contribution is 5.70. The van der Waals surface area contributed by atoms with Crippen LogP contribution in [0, 0.1) is 15.9 Å². The fourth-order valence-electron chi connectivity index (χ4n) is 2.24. The first-order valence-electron chi connectivity index (χ1n) is 7.71. The first kappa shape index (κ1) is 17.6. The SMILES string of the molecule is CCCCN(C)c1ncnc(NCc2ccc(F)cc2)c1[N+](=O)[O-]. The van der Waals surface area contributed by atoms with Crippen LogP contribution < -0.4 is 10.2 Å². The molecule has 1 aromatic heterocycles. The van der Waals surface area contributed by atoms with Gasteiger partial charge in [0.15, 0.2) is 0 Å². The minimum absolute atomic E-state index is 0.151. The van der Waals surface area contributed by atoms with Crippen molar-refractivity contribution < 1.29 is 9.31 Å².